The molecule has 0 aliphatic heterocycles. The van der Waals surface area contributed by atoms with Gasteiger partial charge in [-0.05, 0) is 53.9 Å². The van der Waals surface area contributed by atoms with E-state index in [1.54, 1.807) is 0 Å². The van der Waals surface area contributed by atoms with E-state index in [-0.39, 0.29) is 10.8 Å². The zero-order valence-electron chi connectivity index (χ0n) is 14.8. The summed E-state index contributed by atoms with van der Waals surface area (Å²) in [4.78, 5) is 24.4. The van der Waals surface area contributed by atoms with E-state index in [2.05, 4.69) is 20.8 Å². The molecule has 0 heterocycles. The van der Waals surface area contributed by atoms with E-state index in [0.29, 0.717) is 19.3 Å². The lowest BCUT2D eigenvalue weighted by Crippen LogP contribution is -2.52. The van der Waals surface area contributed by atoms with E-state index >= 15 is 0 Å². The summed E-state index contributed by atoms with van der Waals surface area (Å²) in [5, 5.41) is 20.0. The molecule has 3 aliphatic carbocycles. The first kappa shape index (κ1) is 16.5. The molecule has 1 saturated carbocycles. The zero-order chi connectivity index (χ0) is 17.4. The molecule has 2 bridgehead atoms. The molecular weight excluding hydrogens is 292 g/mol. The number of carboxylic acid groups (broad SMARTS) is 2. The van der Waals surface area contributed by atoms with Gasteiger partial charge < -0.3 is 10.2 Å². The third-order valence-electron chi connectivity index (χ3n) is 6.35. The highest BCUT2D eigenvalue weighted by Gasteiger charge is 2.64. The molecular formula is C19H28O4. The van der Waals surface area contributed by atoms with Gasteiger partial charge in [0.1, 0.15) is 0 Å². The summed E-state index contributed by atoms with van der Waals surface area (Å²) in [5.74, 6) is -2.37. The Morgan fingerprint density at radius 2 is 1.57 bits per heavy atom. The van der Waals surface area contributed by atoms with Gasteiger partial charge in [0, 0.05) is 0 Å². The lowest BCUT2D eigenvalue weighted by Gasteiger charge is -2.56. The number of allylic oxidation sites excluding steroid dienone is 1. The molecule has 4 nitrogen and oxygen atoms in total. The van der Waals surface area contributed by atoms with Crippen LogP contribution in [-0.2, 0) is 9.59 Å². The molecule has 0 aromatic carbocycles. The molecule has 2 unspecified atom stereocenters. The van der Waals surface area contributed by atoms with Crippen molar-refractivity contribution in [2.75, 3.05) is 0 Å². The number of rotatable bonds is 2. The second-order valence-corrected chi connectivity index (χ2v) is 10.0. The lowest BCUT2D eigenvalue weighted by atomic mass is 9.47. The first-order valence-corrected chi connectivity index (χ1v) is 8.51. The van der Waals surface area contributed by atoms with Crippen LogP contribution in [-0.4, -0.2) is 22.2 Å². The molecule has 4 heteroatoms. The average molecular weight is 320 g/mol. The first-order valence-electron chi connectivity index (χ1n) is 8.51. The summed E-state index contributed by atoms with van der Waals surface area (Å²) < 4.78 is 0. The Bertz CT molecular complexity index is 627. The van der Waals surface area contributed by atoms with Crippen LogP contribution >= 0.6 is 0 Å². The molecule has 2 N–H and O–H groups in total. The predicted molar refractivity (Wildman–Crippen MR) is 87.0 cm³/mol. The fraction of sp³-hybridized carbons (Fsp3) is 0.789. The minimum Gasteiger partial charge on any atom is -0.481 e. The molecule has 3 aliphatic rings. The highest BCUT2D eigenvalue weighted by molar-refractivity contribution is 5.86. The largest absolute Gasteiger partial charge is 0.481 e. The Hall–Kier alpha value is -1.32. The first-order chi connectivity index (χ1) is 10.3. The van der Waals surface area contributed by atoms with Crippen LogP contribution in [0.2, 0.25) is 0 Å². The normalized spacial score (nSPS) is 40.7. The standard InChI is InChI=1S/C19H28O4/c1-16(2)8-18(5)7-11-6-17(3,4)13(14(20)21)12(11)19(9-16,10-18)15(22)23/h13H,6-10H2,1-5H3,(H,20,21)(H,22,23)/t13-,18?,19?/m0/s1. The summed E-state index contributed by atoms with van der Waals surface area (Å²) in [7, 11) is 0. The fourth-order valence-corrected chi connectivity index (χ4v) is 6.56. The maximum absolute atomic E-state index is 12.4. The molecule has 3 rings (SSSR count). The third-order valence-corrected chi connectivity index (χ3v) is 6.35. The van der Waals surface area contributed by atoms with Crippen molar-refractivity contribution < 1.29 is 19.8 Å². The summed E-state index contributed by atoms with van der Waals surface area (Å²) in [6, 6.07) is 0. The summed E-state index contributed by atoms with van der Waals surface area (Å²) >= 11 is 0. The second-order valence-electron chi connectivity index (χ2n) is 10.0. The van der Waals surface area contributed by atoms with Crippen molar-refractivity contribution in [2.45, 2.75) is 66.7 Å². The average Bonchev–Trinajstić information content (AvgIpc) is 2.55. The molecule has 128 valence electrons. The maximum Gasteiger partial charge on any atom is 0.313 e. The van der Waals surface area contributed by atoms with Crippen LogP contribution in [0.1, 0.15) is 66.7 Å². The summed E-state index contributed by atoms with van der Waals surface area (Å²) in [5.41, 5.74) is 0.335. The molecule has 1 fully saturated rings. The Kier molecular flexibility index (Phi) is 3.16. The van der Waals surface area contributed by atoms with Crippen LogP contribution in [0, 0.1) is 27.6 Å². The van der Waals surface area contributed by atoms with Gasteiger partial charge in [-0.25, -0.2) is 0 Å². The van der Waals surface area contributed by atoms with Gasteiger partial charge in [0.2, 0.25) is 0 Å². The SMILES string of the molecule is CC1(C)CC2(C)CC3=C([C@@H](C(=O)O)C(C)(C)C3)C(C(=O)O)(C1)C2. The number of hydrogen-bond donors (Lipinski definition) is 2. The quantitative estimate of drug-likeness (QED) is 0.751. The third kappa shape index (κ3) is 2.25. The van der Waals surface area contributed by atoms with Gasteiger partial charge in [0.15, 0.2) is 0 Å². The van der Waals surface area contributed by atoms with Crippen molar-refractivity contribution in [1.82, 2.24) is 0 Å². The van der Waals surface area contributed by atoms with Crippen molar-refractivity contribution >= 4 is 11.9 Å². The Morgan fingerprint density at radius 1 is 0.957 bits per heavy atom. The molecule has 0 amide bonds. The Balaban J connectivity index is 2.24. The minimum atomic E-state index is -0.999. The van der Waals surface area contributed by atoms with Gasteiger partial charge in [0.25, 0.3) is 0 Å². The van der Waals surface area contributed by atoms with Gasteiger partial charge in [-0.1, -0.05) is 40.2 Å². The predicted octanol–water partition coefficient (Wildman–Crippen LogP) is 4.10. The van der Waals surface area contributed by atoms with Crippen LogP contribution in [0.4, 0.5) is 0 Å². The number of carboxylic acids is 2. The monoisotopic (exact) mass is 320 g/mol. The number of aliphatic carboxylic acids is 2. The zero-order valence-corrected chi connectivity index (χ0v) is 14.8. The van der Waals surface area contributed by atoms with Gasteiger partial charge in [-0.2, -0.15) is 0 Å². The number of hydrogen-bond acceptors (Lipinski definition) is 2. The highest BCUT2D eigenvalue weighted by atomic mass is 16.4. The molecule has 0 spiro atoms. The summed E-state index contributed by atoms with van der Waals surface area (Å²) in [6.07, 6.45) is 3.70. The van der Waals surface area contributed by atoms with E-state index < -0.39 is 28.7 Å². The van der Waals surface area contributed by atoms with Gasteiger partial charge in [0.05, 0.1) is 11.3 Å². The van der Waals surface area contributed by atoms with Gasteiger partial charge in [-0.15, -0.1) is 0 Å². The van der Waals surface area contributed by atoms with Crippen LogP contribution in [0.3, 0.4) is 0 Å². The second kappa shape index (κ2) is 4.40. The van der Waals surface area contributed by atoms with Crippen molar-refractivity contribution in [3.05, 3.63) is 11.1 Å². The fourth-order valence-electron chi connectivity index (χ4n) is 6.56. The number of carbonyl (C=O) groups is 2. The minimum absolute atomic E-state index is 0.0392. The van der Waals surface area contributed by atoms with Crippen molar-refractivity contribution in [2.24, 2.45) is 27.6 Å². The highest BCUT2D eigenvalue weighted by Crippen LogP contribution is 2.68. The van der Waals surface area contributed by atoms with E-state index in [1.807, 2.05) is 13.8 Å². The van der Waals surface area contributed by atoms with Crippen LogP contribution in [0.25, 0.3) is 0 Å². The Labute approximate surface area is 138 Å². The number of fused-ring (bicyclic) bond motifs is 3. The molecule has 0 radical (unpaired) electrons. The van der Waals surface area contributed by atoms with Crippen LogP contribution in [0.5, 0.6) is 0 Å². The van der Waals surface area contributed by atoms with Gasteiger partial charge in [-0.3, -0.25) is 9.59 Å². The smallest absolute Gasteiger partial charge is 0.313 e. The van der Waals surface area contributed by atoms with Gasteiger partial charge >= 0.3 is 11.9 Å². The molecule has 0 aromatic rings. The van der Waals surface area contributed by atoms with E-state index in [4.69, 9.17) is 0 Å². The Morgan fingerprint density at radius 3 is 2.09 bits per heavy atom. The molecule has 23 heavy (non-hydrogen) atoms. The van der Waals surface area contributed by atoms with Crippen molar-refractivity contribution in [3.8, 4) is 0 Å². The molecule has 0 saturated heterocycles. The maximum atomic E-state index is 12.4. The van der Waals surface area contributed by atoms with E-state index in [0.717, 1.165) is 24.0 Å². The summed E-state index contributed by atoms with van der Waals surface area (Å²) in [6.45, 7) is 10.4. The van der Waals surface area contributed by atoms with E-state index in [1.165, 1.54) is 0 Å². The van der Waals surface area contributed by atoms with Crippen molar-refractivity contribution in [3.63, 3.8) is 0 Å². The van der Waals surface area contributed by atoms with Crippen LogP contribution in [0.15, 0.2) is 11.1 Å². The van der Waals surface area contributed by atoms with Crippen LogP contribution < -0.4 is 0 Å². The molecule has 0 aromatic heterocycles. The topological polar surface area (TPSA) is 74.6 Å². The molecule has 3 atom stereocenters. The van der Waals surface area contributed by atoms with Crippen molar-refractivity contribution in [1.29, 1.82) is 0 Å². The van der Waals surface area contributed by atoms with E-state index in [9.17, 15) is 19.8 Å². The lowest BCUT2D eigenvalue weighted by molar-refractivity contribution is -0.158.